The number of rotatable bonds is 3. The summed E-state index contributed by atoms with van der Waals surface area (Å²) in [5.41, 5.74) is 1.56. The lowest BCUT2D eigenvalue weighted by molar-refractivity contribution is 0.414. The summed E-state index contributed by atoms with van der Waals surface area (Å²) >= 11 is 3.36. The van der Waals surface area contributed by atoms with Crippen molar-refractivity contribution >= 4 is 31.2 Å². The van der Waals surface area contributed by atoms with Crippen LogP contribution in [0.25, 0.3) is 0 Å². The Morgan fingerprint density at radius 3 is 2.86 bits per heavy atom. The monoisotopic (exact) mass is 270 g/mol. The molecule has 0 spiro atoms. The zero-order valence-corrected chi connectivity index (χ0v) is 10.5. The van der Waals surface area contributed by atoms with Crippen LogP contribution in [0.15, 0.2) is 27.3 Å². The molecule has 1 aromatic rings. The summed E-state index contributed by atoms with van der Waals surface area (Å²) in [7, 11) is 0.922. The van der Waals surface area contributed by atoms with Crippen molar-refractivity contribution < 1.29 is 9.20 Å². The number of hydrogen-bond donors (Lipinski definition) is 0. The average molecular weight is 271 g/mol. The van der Waals surface area contributed by atoms with Crippen molar-refractivity contribution in [3.05, 3.63) is 28.2 Å². The molecule has 0 amide bonds. The smallest absolute Gasteiger partial charge is 0.491 e. The maximum atomic E-state index is 10.4. The maximum Gasteiger partial charge on any atom is 0.491 e. The molecule has 14 heavy (non-hydrogen) atoms. The third-order valence-corrected chi connectivity index (χ3v) is 2.68. The highest BCUT2D eigenvalue weighted by molar-refractivity contribution is 9.10. The van der Waals surface area contributed by atoms with Crippen molar-refractivity contribution in [1.29, 1.82) is 0 Å². The lowest BCUT2D eigenvalue weighted by Crippen LogP contribution is -1.99. The third kappa shape index (κ3) is 2.59. The highest BCUT2D eigenvalue weighted by atomic mass is 79.9. The summed E-state index contributed by atoms with van der Waals surface area (Å²) in [6, 6.07) is 5.61. The molecule has 0 saturated carbocycles. The van der Waals surface area contributed by atoms with Crippen LogP contribution >= 0.6 is 15.9 Å². The van der Waals surface area contributed by atoms with E-state index < -0.39 is 9.57 Å². The molecule has 0 N–H and O–H groups in total. The SMILES string of the molecule is COc1ccc(Br)cc1C(C)=N[Si]=O. The van der Waals surface area contributed by atoms with E-state index in [1.165, 1.54) is 0 Å². The molecule has 1 rings (SSSR count). The van der Waals surface area contributed by atoms with Gasteiger partial charge in [0.25, 0.3) is 0 Å². The Kier molecular flexibility index (Phi) is 4.15. The van der Waals surface area contributed by atoms with Gasteiger partial charge < -0.3 is 9.20 Å². The molecule has 0 aliphatic heterocycles. The molecule has 5 heteroatoms. The largest absolute Gasteiger partial charge is 0.496 e. The Morgan fingerprint density at radius 2 is 2.29 bits per heavy atom. The van der Waals surface area contributed by atoms with Gasteiger partial charge in [0.15, 0.2) is 0 Å². The van der Waals surface area contributed by atoms with Crippen LogP contribution in [0.3, 0.4) is 0 Å². The van der Waals surface area contributed by atoms with Gasteiger partial charge >= 0.3 is 9.57 Å². The van der Waals surface area contributed by atoms with E-state index in [4.69, 9.17) is 4.74 Å². The first-order valence-electron chi connectivity index (χ1n) is 3.94. The highest BCUT2D eigenvalue weighted by Gasteiger charge is 2.06. The molecule has 0 heterocycles. The average Bonchev–Trinajstić information content (AvgIpc) is 2.18. The lowest BCUT2D eigenvalue weighted by atomic mass is 10.1. The molecule has 1 radical (unpaired) electrons. The van der Waals surface area contributed by atoms with Crippen molar-refractivity contribution in [2.45, 2.75) is 6.92 Å². The fraction of sp³-hybridized carbons (Fsp3) is 0.222. The second-order valence-electron chi connectivity index (χ2n) is 2.63. The summed E-state index contributed by atoms with van der Waals surface area (Å²) in [6.07, 6.45) is 0. The van der Waals surface area contributed by atoms with Crippen molar-refractivity contribution in [3.63, 3.8) is 0 Å². The summed E-state index contributed by atoms with van der Waals surface area (Å²) in [5.74, 6) is 0.729. The zero-order chi connectivity index (χ0) is 10.6. The van der Waals surface area contributed by atoms with E-state index in [-0.39, 0.29) is 0 Å². The second-order valence-corrected chi connectivity index (χ2v) is 3.95. The van der Waals surface area contributed by atoms with E-state index in [0.717, 1.165) is 15.8 Å². The van der Waals surface area contributed by atoms with Crippen LogP contribution in [0.4, 0.5) is 0 Å². The van der Waals surface area contributed by atoms with Crippen molar-refractivity contribution in [2.75, 3.05) is 7.11 Å². The Bertz CT molecular complexity index is 379. The maximum absolute atomic E-state index is 10.4. The normalized spacial score (nSPS) is 11.2. The predicted molar refractivity (Wildman–Crippen MR) is 59.3 cm³/mol. The molecule has 0 aliphatic rings. The molecule has 1 aromatic carbocycles. The zero-order valence-electron chi connectivity index (χ0n) is 7.87. The molecule has 0 saturated heterocycles. The quantitative estimate of drug-likeness (QED) is 0.624. The highest BCUT2D eigenvalue weighted by Crippen LogP contribution is 2.23. The van der Waals surface area contributed by atoms with Crippen LogP contribution in [0.5, 0.6) is 5.75 Å². The van der Waals surface area contributed by atoms with Crippen molar-refractivity contribution in [2.24, 2.45) is 4.66 Å². The van der Waals surface area contributed by atoms with Gasteiger partial charge in [-0.1, -0.05) is 15.9 Å². The fourth-order valence-corrected chi connectivity index (χ4v) is 1.71. The van der Waals surface area contributed by atoms with Crippen LogP contribution in [-0.4, -0.2) is 22.4 Å². The molecule has 0 atom stereocenters. The third-order valence-electron chi connectivity index (χ3n) is 1.76. The van der Waals surface area contributed by atoms with Gasteiger partial charge in [0.1, 0.15) is 5.75 Å². The van der Waals surface area contributed by atoms with Crippen LogP contribution < -0.4 is 4.74 Å². The van der Waals surface area contributed by atoms with Gasteiger partial charge in [-0.3, -0.25) is 4.66 Å². The van der Waals surface area contributed by atoms with E-state index in [0.29, 0.717) is 5.71 Å². The molecular formula is C9H9BrNO2Si. The minimum absolute atomic E-state index is 0.675. The van der Waals surface area contributed by atoms with Gasteiger partial charge in [-0.2, -0.15) is 0 Å². The number of benzene rings is 1. The van der Waals surface area contributed by atoms with Crippen molar-refractivity contribution in [1.82, 2.24) is 0 Å². The first-order chi connectivity index (χ1) is 6.69. The molecule has 0 aromatic heterocycles. The summed E-state index contributed by atoms with van der Waals surface area (Å²) in [4.78, 5) is 0. The molecule has 73 valence electrons. The van der Waals surface area contributed by atoms with Gasteiger partial charge in [-0.25, -0.2) is 0 Å². The van der Waals surface area contributed by atoms with E-state index in [2.05, 4.69) is 20.6 Å². The van der Waals surface area contributed by atoms with Gasteiger partial charge in [0, 0.05) is 15.7 Å². The second kappa shape index (κ2) is 5.16. The number of ether oxygens (including phenoxy) is 1. The predicted octanol–water partition coefficient (Wildman–Crippen LogP) is 2.23. The lowest BCUT2D eigenvalue weighted by Gasteiger charge is -2.07. The number of nitrogens with zero attached hydrogens (tertiary/aromatic N) is 1. The molecule has 0 aliphatic carbocycles. The van der Waals surface area contributed by atoms with Crippen LogP contribution in [0.1, 0.15) is 12.5 Å². The van der Waals surface area contributed by atoms with E-state index in [1.54, 1.807) is 14.0 Å². The van der Waals surface area contributed by atoms with Crippen LogP contribution in [-0.2, 0) is 4.46 Å². The Balaban J connectivity index is 3.23. The number of methoxy groups -OCH3 is 1. The Hall–Kier alpha value is -0.813. The first kappa shape index (κ1) is 11.3. The Labute approximate surface area is 93.3 Å². The van der Waals surface area contributed by atoms with Gasteiger partial charge in [-0.15, -0.1) is 0 Å². The summed E-state index contributed by atoms with van der Waals surface area (Å²) < 4.78 is 20.3. The summed E-state index contributed by atoms with van der Waals surface area (Å²) in [6.45, 7) is 1.80. The van der Waals surface area contributed by atoms with Gasteiger partial charge in [0.2, 0.25) is 0 Å². The standard InChI is InChI=1S/C9H9BrNO2Si/c1-6(11-14-12)8-5-7(10)3-4-9(8)13-2/h3-5H,1-2H3. The Morgan fingerprint density at radius 1 is 1.57 bits per heavy atom. The van der Waals surface area contributed by atoms with E-state index >= 15 is 0 Å². The fourth-order valence-electron chi connectivity index (χ4n) is 1.09. The van der Waals surface area contributed by atoms with Gasteiger partial charge in [-0.05, 0) is 25.1 Å². The molecular weight excluding hydrogens is 262 g/mol. The van der Waals surface area contributed by atoms with E-state index in [1.807, 2.05) is 18.2 Å². The van der Waals surface area contributed by atoms with Crippen LogP contribution in [0, 0.1) is 0 Å². The molecule has 3 nitrogen and oxygen atoms in total. The van der Waals surface area contributed by atoms with E-state index in [9.17, 15) is 4.46 Å². The molecule has 0 bridgehead atoms. The van der Waals surface area contributed by atoms with Crippen LogP contribution in [0.2, 0.25) is 0 Å². The number of hydrogen-bond acceptors (Lipinski definition) is 2. The summed E-state index contributed by atoms with van der Waals surface area (Å²) in [5, 5.41) is 0. The van der Waals surface area contributed by atoms with Gasteiger partial charge in [0.05, 0.1) is 7.11 Å². The minimum atomic E-state index is -0.675. The van der Waals surface area contributed by atoms with Crippen molar-refractivity contribution in [3.8, 4) is 5.75 Å². The minimum Gasteiger partial charge on any atom is -0.496 e. The topological polar surface area (TPSA) is 38.7 Å². The number of halogens is 1. The molecule has 0 fully saturated rings. The molecule has 0 unspecified atom stereocenters. The first-order valence-corrected chi connectivity index (χ1v) is 5.59.